The van der Waals surface area contributed by atoms with Gasteiger partial charge in [-0.25, -0.2) is 4.98 Å². The van der Waals surface area contributed by atoms with Crippen molar-refractivity contribution >= 4 is 35.2 Å². The van der Waals surface area contributed by atoms with Crippen LogP contribution >= 0.6 is 23.2 Å². The molecular formula is C17H23Cl2N5O7. The van der Waals surface area contributed by atoms with Crippen molar-refractivity contribution in [3.8, 4) is 0 Å². The lowest BCUT2D eigenvalue weighted by Crippen LogP contribution is -2.26. The lowest BCUT2D eigenvalue weighted by molar-refractivity contribution is -0.742. The molecule has 2 rings (SSSR count). The number of benzene rings is 1. The number of rotatable bonds is 8. The Bertz CT molecular complexity index is 810. The van der Waals surface area contributed by atoms with E-state index in [9.17, 15) is 0 Å². The lowest BCUT2D eigenvalue weighted by atomic mass is 10.2. The minimum Gasteiger partial charge on any atom is -0.490 e. The van der Waals surface area contributed by atoms with Crippen molar-refractivity contribution in [3.05, 3.63) is 72.8 Å². The third-order valence-electron chi connectivity index (χ3n) is 3.55. The van der Waals surface area contributed by atoms with Crippen LogP contribution in [-0.2, 0) is 4.74 Å². The van der Waals surface area contributed by atoms with Crippen LogP contribution in [0.15, 0.2) is 36.9 Å². The molecule has 1 heterocycles. The summed E-state index contributed by atoms with van der Waals surface area (Å²) >= 11 is 12.3. The molecule has 1 aromatic carbocycles. The second-order valence-electron chi connectivity index (χ2n) is 5.48. The fraction of sp³-hybridized carbons (Fsp3) is 0.353. The molecule has 2 aromatic rings. The summed E-state index contributed by atoms with van der Waals surface area (Å²) in [6.07, 6.45) is 7.13. The number of imidazole rings is 1. The molecule has 172 valence electrons. The van der Waals surface area contributed by atoms with Gasteiger partial charge >= 0.3 is 0 Å². The summed E-state index contributed by atoms with van der Waals surface area (Å²) in [6, 6.07) is 5.39. The summed E-state index contributed by atoms with van der Waals surface area (Å²) in [7, 11) is 0. The van der Waals surface area contributed by atoms with E-state index in [4.69, 9.17) is 58.6 Å². The average molecular weight is 480 g/mol. The highest BCUT2D eigenvalue weighted by Crippen LogP contribution is 2.28. The number of halogens is 2. The maximum Gasteiger partial charge on any atom is 0.291 e. The number of ether oxygens (including phenoxy) is 1. The molecule has 0 saturated carbocycles. The van der Waals surface area contributed by atoms with Gasteiger partial charge in [0, 0.05) is 29.5 Å². The third kappa shape index (κ3) is 13.7. The van der Waals surface area contributed by atoms with Gasteiger partial charge < -0.3 is 24.6 Å². The Labute approximate surface area is 188 Å². The molecule has 0 spiro atoms. The van der Waals surface area contributed by atoms with E-state index in [-0.39, 0.29) is 0 Å². The largest absolute Gasteiger partial charge is 0.490 e. The highest BCUT2D eigenvalue weighted by molar-refractivity contribution is 6.35. The highest BCUT2D eigenvalue weighted by Gasteiger charge is 2.10. The van der Waals surface area contributed by atoms with Crippen LogP contribution in [0.3, 0.4) is 0 Å². The second-order valence-corrected chi connectivity index (χ2v) is 6.32. The molecule has 0 aliphatic heterocycles. The van der Waals surface area contributed by atoms with Crippen molar-refractivity contribution in [3.63, 3.8) is 0 Å². The first-order chi connectivity index (χ1) is 14.6. The number of nitrogens with zero attached hydrogens (tertiary/aromatic N) is 5. The molecule has 0 aliphatic carbocycles. The van der Waals surface area contributed by atoms with Crippen molar-refractivity contribution in [1.82, 2.24) is 14.5 Å². The van der Waals surface area contributed by atoms with Crippen LogP contribution < -0.4 is 0 Å². The number of hydrogen-bond acceptors (Lipinski definition) is 7. The highest BCUT2D eigenvalue weighted by atomic mass is 35.5. The Hall–Kier alpha value is -3.09. The van der Waals surface area contributed by atoms with Crippen LogP contribution in [0.4, 0.5) is 0 Å². The van der Waals surface area contributed by atoms with Crippen LogP contribution in [0.1, 0.15) is 19.4 Å². The summed E-state index contributed by atoms with van der Waals surface area (Å²) in [5, 5.41) is 28.4. The van der Waals surface area contributed by atoms with Crippen molar-refractivity contribution in [2.24, 2.45) is 0 Å². The molecule has 12 nitrogen and oxygen atoms in total. The molecule has 14 heteroatoms. The van der Waals surface area contributed by atoms with Gasteiger partial charge in [-0.05, 0) is 31.3 Å². The minimum absolute atomic E-state index is 0.562. The third-order valence-corrected chi connectivity index (χ3v) is 4.10. The van der Waals surface area contributed by atoms with E-state index < -0.39 is 10.2 Å². The van der Waals surface area contributed by atoms with Crippen molar-refractivity contribution in [1.29, 1.82) is 0 Å². The first-order valence-corrected chi connectivity index (χ1v) is 9.52. The second kappa shape index (κ2) is 15.7. The van der Waals surface area contributed by atoms with Gasteiger partial charge in [-0.15, -0.1) is 20.2 Å². The molecule has 0 amide bonds. The molecule has 0 unspecified atom stereocenters. The van der Waals surface area contributed by atoms with Gasteiger partial charge in [0.1, 0.15) is 12.4 Å². The van der Waals surface area contributed by atoms with Crippen LogP contribution in [-0.4, -0.2) is 61.3 Å². The van der Waals surface area contributed by atoms with Gasteiger partial charge in [-0.1, -0.05) is 37.0 Å². The molecule has 0 fully saturated rings. The zero-order valence-electron chi connectivity index (χ0n) is 16.8. The van der Waals surface area contributed by atoms with E-state index in [0.29, 0.717) is 22.4 Å². The van der Waals surface area contributed by atoms with Gasteiger partial charge in [0.2, 0.25) is 0 Å². The zero-order chi connectivity index (χ0) is 23.8. The molecule has 0 bridgehead atoms. The minimum atomic E-state index is -1.50. The van der Waals surface area contributed by atoms with Crippen molar-refractivity contribution < 1.29 is 25.3 Å². The standard InChI is InChI=1S/C17H21Cl2N3O.2HNO3/c1-3-21(4-2)9-10-23-17(12-22-8-7-20-13-22)15-6-5-14(18)11-16(15)19;2*2-1(3)4/h5-8,11-13H,3-4,9-10H2,1-2H3;2*(H,2,3,4). The summed E-state index contributed by atoms with van der Waals surface area (Å²) in [5.41, 5.74) is 0.810. The Morgan fingerprint density at radius 1 is 1.23 bits per heavy atom. The fourth-order valence-corrected chi connectivity index (χ4v) is 2.68. The average Bonchev–Trinajstić information content (AvgIpc) is 3.17. The van der Waals surface area contributed by atoms with Gasteiger partial charge in [0.15, 0.2) is 0 Å². The smallest absolute Gasteiger partial charge is 0.291 e. The zero-order valence-corrected chi connectivity index (χ0v) is 18.3. The van der Waals surface area contributed by atoms with Crippen LogP contribution in [0.2, 0.25) is 10.0 Å². The van der Waals surface area contributed by atoms with Crippen LogP contribution in [0.5, 0.6) is 0 Å². The summed E-state index contributed by atoms with van der Waals surface area (Å²) in [6.45, 7) is 7.73. The Morgan fingerprint density at radius 2 is 1.81 bits per heavy atom. The predicted octanol–water partition coefficient (Wildman–Crippen LogP) is 3.81. The molecule has 0 saturated heterocycles. The van der Waals surface area contributed by atoms with E-state index in [0.717, 1.165) is 25.2 Å². The van der Waals surface area contributed by atoms with E-state index in [1.807, 2.05) is 23.0 Å². The van der Waals surface area contributed by atoms with Crippen molar-refractivity contribution in [2.75, 3.05) is 26.2 Å². The maximum atomic E-state index is 8.36. The fourth-order valence-electron chi connectivity index (χ4n) is 2.18. The Kier molecular flexibility index (Phi) is 14.1. The normalized spacial score (nSPS) is 10.4. The monoisotopic (exact) mass is 479 g/mol. The van der Waals surface area contributed by atoms with Gasteiger partial charge in [0.25, 0.3) is 10.2 Å². The Morgan fingerprint density at radius 3 is 2.26 bits per heavy atom. The first kappa shape index (κ1) is 27.9. The number of aromatic nitrogens is 2. The summed E-state index contributed by atoms with van der Waals surface area (Å²) < 4.78 is 7.83. The Balaban J connectivity index is 0.000000967. The molecule has 0 radical (unpaired) electrons. The summed E-state index contributed by atoms with van der Waals surface area (Å²) in [5.74, 6) is 0.692. The van der Waals surface area contributed by atoms with E-state index >= 15 is 0 Å². The molecule has 0 aliphatic rings. The number of likely N-dealkylation sites (N-methyl/N-ethyl adjacent to an activating group) is 1. The SMILES string of the molecule is CCN(CC)CCOC(=Cn1ccnc1)c1ccc(Cl)cc1Cl.O=[N+]([O-])O.O=[N+]([O-])O. The molecular weight excluding hydrogens is 457 g/mol. The molecule has 1 aromatic heterocycles. The molecule has 31 heavy (non-hydrogen) atoms. The lowest BCUT2D eigenvalue weighted by Gasteiger charge is -2.19. The maximum absolute atomic E-state index is 8.36. The van der Waals surface area contributed by atoms with Gasteiger partial charge in [-0.2, -0.15) is 0 Å². The van der Waals surface area contributed by atoms with E-state index in [1.165, 1.54) is 0 Å². The van der Waals surface area contributed by atoms with Crippen LogP contribution in [0, 0.1) is 20.2 Å². The number of hydrogen-bond donors (Lipinski definition) is 2. The van der Waals surface area contributed by atoms with Crippen molar-refractivity contribution in [2.45, 2.75) is 13.8 Å². The van der Waals surface area contributed by atoms with Crippen LogP contribution in [0.25, 0.3) is 12.0 Å². The van der Waals surface area contributed by atoms with Gasteiger partial charge in [-0.3, -0.25) is 0 Å². The first-order valence-electron chi connectivity index (χ1n) is 8.76. The van der Waals surface area contributed by atoms with E-state index in [2.05, 4.69) is 23.7 Å². The quantitative estimate of drug-likeness (QED) is 0.326. The van der Waals surface area contributed by atoms with Gasteiger partial charge in [0.05, 0.1) is 17.5 Å². The molecule has 2 N–H and O–H groups in total. The van der Waals surface area contributed by atoms with E-state index in [1.54, 1.807) is 24.7 Å². The predicted molar refractivity (Wildman–Crippen MR) is 114 cm³/mol. The summed E-state index contributed by atoms with van der Waals surface area (Å²) in [4.78, 5) is 23.1. The molecule has 0 atom stereocenters. The topological polar surface area (TPSA) is 157 Å².